The molecule has 100 valence electrons. The lowest BCUT2D eigenvalue weighted by Gasteiger charge is -2.14. The molecule has 0 radical (unpaired) electrons. The minimum atomic E-state index is -0.0430. The van der Waals surface area contributed by atoms with Gasteiger partial charge in [-0.15, -0.1) is 0 Å². The van der Waals surface area contributed by atoms with E-state index in [1.165, 1.54) is 11.1 Å². The minimum Gasteiger partial charge on any atom is -0.457 e. The van der Waals surface area contributed by atoms with Crippen LogP contribution in [-0.2, 0) is 6.61 Å². The highest BCUT2D eigenvalue weighted by molar-refractivity contribution is 9.10. The van der Waals surface area contributed by atoms with Gasteiger partial charge in [0.25, 0.3) is 0 Å². The van der Waals surface area contributed by atoms with Crippen molar-refractivity contribution in [3.05, 3.63) is 57.1 Å². The molecule has 0 atom stereocenters. The largest absolute Gasteiger partial charge is 0.457 e. The molecule has 0 aliphatic carbocycles. The Labute approximate surface area is 122 Å². The monoisotopic (exact) mass is 320 g/mol. The smallest absolute Gasteiger partial charge is 0.133 e. The zero-order valence-electron chi connectivity index (χ0n) is 11.3. The standard InChI is InChI=1S/C16H17BrO2/c1-10-6-11(2)12(3)16(7-10)19-15-5-4-14(17)8-13(15)9-18/h4-8,18H,9H2,1-3H3. The fraction of sp³-hybridized carbons (Fsp3) is 0.250. The van der Waals surface area contributed by atoms with Crippen molar-refractivity contribution in [3.63, 3.8) is 0 Å². The summed E-state index contributed by atoms with van der Waals surface area (Å²) in [5.41, 5.74) is 4.27. The topological polar surface area (TPSA) is 29.5 Å². The second-order valence-electron chi connectivity index (χ2n) is 4.72. The zero-order chi connectivity index (χ0) is 14.0. The molecule has 2 nitrogen and oxygen atoms in total. The van der Waals surface area contributed by atoms with Crippen molar-refractivity contribution in [2.75, 3.05) is 0 Å². The molecule has 0 saturated heterocycles. The molecule has 3 heteroatoms. The molecule has 0 heterocycles. The molecule has 19 heavy (non-hydrogen) atoms. The van der Waals surface area contributed by atoms with E-state index in [2.05, 4.69) is 28.9 Å². The van der Waals surface area contributed by atoms with E-state index in [0.29, 0.717) is 5.75 Å². The summed E-state index contributed by atoms with van der Waals surface area (Å²) in [5, 5.41) is 9.40. The Morgan fingerprint density at radius 1 is 1.05 bits per heavy atom. The predicted octanol–water partition coefficient (Wildman–Crippen LogP) is 4.66. The van der Waals surface area contributed by atoms with Crippen LogP contribution < -0.4 is 4.74 Å². The summed E-state index contributed by atoms with van der Waals surface area (Å²) in [6.45, 7) is 6.12. The zero-order valence-corrected chi connectivity index (χ0v) is 12.9. The number of hydrogen-bond acceptors (Lipinski definition) is 2. The summed E-state index contributed by atoms with van der Waals surface area (Å²) >= 11 is 3.39. The Morgan fingerprint density at radius 2 is 1.79 bits per heavy atom. The summed E-state index contributed by atoms with van der Waals surface area (Å²) in [6, 6.07) is 9.80. The number of halogens is 1. The maximum atomic E-state index is 9.40. The first-order valence-electron chi connectivity index (χ1n) is 6.16. The van der Waals surface area contributed by atoms with Crippen molar-refractivity contribution in [1.82, 2.24) is 0 Å². The number of aliphatic hydroxyl groups is 1. The van der Waals surface area contributed by atoms with Crippen LogP contribution in [0.25, 0.3) is 0 Å². The van der Waals surface area contributed by atoms with Crippen LogP contribution in [0.3, 0.4) is 0 Å². The first kappa shape index (κ1) is 14.1. The van der Waals surface area contributed by atoms with Crippen LogP contribution in [0.15, 0.2) is 34.8 Å². The molecular weight excluding hydrogens is 304 g/mol. The van der Waals surface area contributed by atoms with Crippen LogP contribution in [0.2, 0.25) is 0 Å². The number of ether oxygens (including phenoxy) is 1. The normalized spacial score (nSPS) is 10.6. The van der Waals surface area contributed by atoms with Gasteiger partial charge >= 0.3 is 0 Å². The Kier molecular flexibility index (Phi) is 4.27. The minimum absolute atomic E-state index is 0.0430. The average Bonchev–Trinajstić information content (AvgIpc) is 2.37. The third kappa shape index (κ3) is 3.17. The second kappa shape index (κ2) is 5.76. The molecular formula is C16H17BrO2. The molecule has 0 fully saturated rings. The lowest BCUT2D eigenvalue weighted by atomic mass is 10.1. The van der Waals surface area contributed by atoms with E-state index in [9.17, 15) is 5.11 Å². The number of rotatable bonds is 3. The molecule has 2 rings (SSSR count). The van der Waals surface area contributed by atoms with Crippen LogP contribution in [0.5, 0.6) is 11.5 Å². The Bertz CT molecular complexity index is 606. The molecule has 0 unspecified atom stereocenters. The highest BCUT2D eigenvalue weighted by Crippen LogP contribution is 2.32. The third-order valence-electron chi connectivity index (χ3n) is 3.18. The number of benzene rings is 2. The Hall–Kier alpha value is -1.32. The molecule has 0 saturated carbocycles. The molecule has 1 N–H and O–H groups in total. The van der Waals surface area contributed by atoms with Crippen molar-refractivity contribution in [3.8, 4) is 11.5 Å². The van der Waals surface area contributed by atoms with E-state index < -0.39 is 0 Å². The lowest BCUT2D eigenvalue weighted by molar-refractivity contribution is 0.276. The van der Waals surface area contributed by atoms with Gasteiger partial charge in [-0.3, -0.25) is 0 Å². The maximum absolute atomic E-state index is 9.40. The SMILES string of the molecule is Cc1cc(C)c(C)c(Oc2ccc(Br)cc2CO)c1. The number of hydrogen-bond donors (Lipinski definition) is 1. The Morgan fingerprint density at radius 3 is 2.47 bits per heavy atom. The van der Waals surface area contributed by atoms with Gasteiger partial charge in [-0.1, -0.05) is 22.0 Å². The van der Waals surface area contributed by atoms with Gasteiger partial charge in [0.15, 0.2) is 0 Å². The maximum Gasteiger partial charge on any atom is 0.133 e. The average molecular weight is 321 g/mol. The van der Waals surface area contributed by atoms with Gasteiger partial charge in [0.1, 0.15) is 11.5 Å². The highest BCUT2D eigenvalue weighted by atomic mass is 79.9. The molecule has 0 aliphatic heterocycles. The van der Waals surface area contributed by atoms with Gasteiger partial charge in [-0.2, -0.15) is 0 Å². The van der Waals surface area contributed by atoms with Gasteiger partial charge < -0.3 is 9.84 Å². The van der Waals surface area contributed by atoms with E-state index in [-0.39, 0.29) is 6.61 Å². The molecule has 2 aromatic carbocycles. The van der Waals surface area contributed by atoms with Crippen molar-refractivity contribution >= 4 is 15.9 Å². The summed E-state index contributed by atoms with van der Waals surface area (Å²) in [5.74, 6) is 1.54. The van der Waals surface area contributed by atoms with Crippen LogP contribution in [0.4, 0.5) is 0 Å². The molecule has 0 bridgehead atoms. The summed E-state index contributed by atoms with van der Waals surface area (Å²) in [6.07, 6.45) is 0. The summed E-state index contributed by atoms with van der Waals surface area (Å²) in [7, 11) is 0. The molecule has 0 aliphatic rings. The quantitative estimate of drug-likeness (QED) is 0.891. The van der Waals surface area contributed by atoms with Gasteiger partial charge in [-0.05, 0) is 61.7 Å². The van der Waals surface area contributed by atoms with Crippen molar-refractivity contribution < 1.29 is 9.84 Å². The van der Waals surface area contributed by atoms with Crippen molar-refractivity contribution in [2.45, 2.75) is 27.4 Å². The predicted molar refractivity (Wildman–Crippen MR) is 80.8 cm³/mol. The lowest BCUT2D eigenvalue weighted by Crippen LogP contribution is -1.95. The van der Waals surface area contributed by atoms with Gasteiger partial charge in [0.2, 0.25) is 0 Å². The van der Waals surface area contributed by atoms with E-state index in [1.54, 1.807) is 0 Å². The van der Waals surface area contributed by atoms with Crippen LogP contribution in [0, 0.1) is 20.8 Å². The summed E-state index contributed by atoms with van der Waals surface area (Å²) in [4.78, 5) is 0. The fourth-order valence-corrected chi connectivity index (χ4v) is 2.40. The van der Waals surface area contributed by atoms with Crippen molar-refractivity contribution in [2.24, 2.45) is 0 Å². The van der Waals surface area contributed by atoms with Crippen LogP contribution >= 0.6 is 15.9 Å². The summed E-state index contributed by atoms with van der Waals surface area (Å²) < 4.78 is 6.90. The van der Waals surface area contributed by atoms with Crippen LogP contribution in [-0.4, -0.2) is 5.11 Å². The van der Waals surface area contributed by atoms with E-state index >= 15 is 0 Å². The van der Waals surface area contributed by atoms with E-state index in [0.717, 1.165) is 21.3 Å². The van der Waals surface area contributed by atoms with Crippen molar-refractivity contribution in [1.29, 1.82) is 0 Å². The first-order chi connectivity index (χ1) is 9.01. The molecule has 2 aromatic rings. The van der Waals surface area contributed by atoms with E-state index in [1.807, 2.05) is 38.1 Å². The van der Waals surface area contributed by atoms with Gasteiger partial charge in [-0.25, -0.2) is 0 Å². The van der Waals surface area contributed by atoms with Gasteiger partial charge in [0.05, 0.1) is 6.61 Å². The number of aryl methyl sites for hydroxylation is 2. The molecule has 0 spiro atoms. The first-order valence-corrected chi connectivity index (χ1v) is 6.95. The second-order valence-corrected chi connectivity index (χ2v) is 5.63. The highest BCUT2D eigenvalue weighted by Gasteiger charge is 2.09. The molecule has 0 aromatic heterocycles. The van der Waals surface area contributed by atoms with Gasteiger partial charge in [0, 0.05) is 10.0 Å². The Balaban J connectivity index is 2.41. The van der Waals surface area contributed by atoms with Crippen LogP contribution in [0.1, 0.15) is 22.3 Å². The fourth-order valence-electron chi connectivity index (χ4n) is 2.00. The molecule has 0 amide bonds. The number of aliphatic hydroxyl groups excluding tert-OH is 1. The third-order valence-corrected chi connectivity index (χ3v) is 3.67. The van der Waals surface area contributed by atoms with E-state index in [4.69, 9.17) is 4.74 Å².